The van der Waals surface area contributed by atoms with Crippen molar-refractivity contribution in [2.24, 2.45) is 0 Å². The van der Waals surface area contributed by atoms with Crippen molar-refractivity contribution in [3.8, 4) is 5.75 Å². The van der Waals surface area contributed by atoms with Crippen LogP contribution in [0.1, 0.15) is 30.1 Å². The van der Waals surface area contributed by atoms with Gasteiger partial charge in [-0.2, -0.15) is 0 Å². The van der Waals surface area contributed by atoms with E-state index in [0.29, 0.717) is 31.9 Å². The number of rotatable bonds is 7. The second-order valence-electron chi connectivity index (χ2n) is 5.01. The molecule has 1 heterocycles. The fraction of sp³-hybridized carbons (Fsp3) is 0.500. The number of hydrogen-bond acceptors (Lipinski definition) is 4. The van der Waals surface area contributed by atoms with Crippen LogP contribution in [0.25, 0.3) is 0 Å². The van der Waals surface area contributed by atoms with Crippen LogP contribution in [-0.4, -0.2) is 44.2 Å². The Morgan fingerprint density at radius 3 is 2.59 bits per heavy atom. The Hall–Kier alpha value is -2.08. The Kier molecular flexibility index (Phi) is 6.21. The summed E-state index contributed by atoms with van der Waals surface area (Å²) in [6.07, 6.45) is 1.36. The van der Waals surface area contributed by atoms with Crippen LogP contribution in [0.4, 0.5) is 0 Å². The highest BCUT2D eigenvalue weighted by atomic mass is 16.5. The minimum atomic E-state index is -0.332. The lowest BCUT2D eigenvalue weighted by atomic mass is 10.2. The van der Waals surface area contributed by atoms with E-state index >= 15 is 0 Å². The second kappa shape index (κ2) is 8.38. The average Bonchev–Trinajstić information content (AvgIpc) is 3.06. The van der Waals surface area contributed by atoms with Gasteiger partial charge in [0.25, 0.3) is 5.91 Å². The van der Waals surface area contributed by atoms with E-state index in [1.807, 2.05) is 6.92 Å². The number of amides is 2. The third kappa shape index (κ3) is 4.73. The average molecular weight is 306 g/mol. The number of benzene rings is 1. The van der Waals surface area contributed by atoms with Crippen LogP contribution in [0.2, 0.25) is 0 Å². The van der Waals surface area contributed by atoms with Gasteiger partial charge in [0.15, 0.2) is 0 Å². The van der Waals surface area contributed by atoms with Crippen molar-refractivity contribution in [2.45, 2.75) is 25.9 Å². The van der Waals surface area contributed by atoms with Gasteiger partial charge in [0.2, 0.25) is 5.91 Å². The van der Waals surface area contributed by atoms with Crippen LogP contribution < -0.4 is 15.4 Å². The highest BCUT2D eigenvalue weighted by Gasteiger charge is 2.22. The van der Waals surface area contributed by atoms with Crippen molar-refractivity contribution in [3.05, 3.63) is 29.8 Å². The molecular weight excluding hydrogens is 284 g/mol. The molecule has 1 aliphatic rings. The summed E-state index contributed by atoms with van der Waals surface area (Å²) in [4.78, 5) is 23.6. The van der Waals surface area contributed by atoms with Crippen LogP contribution >= 0.6 is 0 Å². The lowest BCUT2D eigenvalue weighted by Gasteiger charge is -2.11. The Balaban J connectivity index is 1.67. The third-order valence-corrected chi connectivity index (χ3v) is 3.36. The molecule has 1 aromatic rings. The van der Waals surface area contributed by atoms with E-state index in [1.54, 1.807) is 24.3 Å². The first-order valence-corrected chi connectivity index (χ1v) is 7.61. The zero-order chi connectivity index (χ0) is 15.8. The van der Waals surface area contributed by atoms with E-state index in [4.69, 9.17) is 9.47 Å². The molecule has 1 fully saturated rings. The topological polar surface area (TPSA) is 76.7 Å². The van der Waals surface area contributed by atoms with Gasteiger partial charge in [-0.05, 0) is 44.0 Å². The molecule has 6 heteroatoms. The molecule has 0 saturated carbocycles. The molecule has 120 valence electrons. The molecule has 22 heavy (non-hydrogen) atoms. The summed E-state index contributed by atoms with van der Waals surface area (Å²) in [5, 5.41) is 5.52. The summed E-state index contributed by atoms with van der Waals surface area (Å²) < 4.78 is 10.6. The summed E-state index contributed by atoms with van der Waals surface area (Å²) in [5.41, 5.74) is 0.564. The predicted octanol–water partition coefficient (Wildman–Crippen LogP) is 1.11. The van der Waals surface area contributed by atoms with Gasteiger partial charge in [-0.1, -0.05) is 0 Å². The fourth-order valence-electron chi connectivity index (χ4n) is 2.23. The number of hydrogen-bond donors (Lipinski definition) is 2. The van der Waals surface area contributed by atoms with Gasteiger partial charge < -0.3 is 20.1 Å². The van der Waals surface area contributed by atoms with Gasteiger partial charge in [0.1, 0.15) is 11.9 Å². The number of carbonyl (C=O) groups is 2. The number of ether oxygens (including phenoxy) is 2. The molecule has 1 aliphatic heterocycles. The Bertz CT molecular complexity index is 495. The summed E-state index contributed by atoms with van der Waals surface area (Å²) in [5.74, 6) is 0.463. The molecule has 0 aliphatic carbocycles. The highest BCUT2D eigenvalue weighted by molar-refractivity contribution is 5.94. The molecule has 2 rings (SSSR count). The van der Waals surface area contributed by atoms with Gasteiger partial charge in [0, 0.05) is 25.3 Å². The van der Waals surface area contributed by atoms with Crippen molar-refractivity contribution in [1.29, 1.82) is 0 Å². The third-order valence-electron chi connectivity index (χ3n) is 3.36. The Morgan fingerprint density at radius 2 is 1.95 bits per heavy atom. The van der Waals surface area contributed by atoms with Gasteiger partial charge in [-0.15, -0.1) is 0 Å². The van der Waals surface area contributed by atoms with Gasteiger partial charge in [-0.3, -0.25) is 9.59 Å². The van der Waals surface area contributed by atoms with Crippen LogP contribution in [0.15, 0.2) is 24.3 Å². The molecule has 1 unspecified atom stereocenters. The normalized spacial score (nSPS) is 17.0. The van der Waals surface area contributed by atoms with Crippen molar-refractivity contribution in [3.63, 3.8) is 0 Å². The SMILES string of the molecule is CCOc1ccc(C(=O)NCCNC(=O)C2CCCO2)cc1. The van der Waals surface area contributed by atoms with Gasteiger partial charge in [0.05, 0.1) is 6.61 Å². The van der Waals surface area contributed by atoms with E-state index in [2.05, 4.69) is 10.6 Å². The Morgan fingerprint density at radius 1 is 1.23 bits per heavy atom. The molecule has 1 atom stereocenters. The molecule has 6 nitrogen and oxygen atoms in total. The standard InChI is InChI=1S/C16H22N2O4/c1-2-21-13-7-5-12(6-8-13)15(19)17-9-10-18-16(20)14-4-3-11-22-14/h5-8,14H,2-4,9-11H2,1H3,(H,17,19)(H,18,20). The zero-order valence-corrected chi connectivity index (χ0v) is 12.8. The molecule has 1 saturated heterocycles. The summed E-state index contributed by atoms with van der Waals surface area (Å²) in [6, 6.07) is 6.95. The fourth-order valence-corrected chi connectivity index (χ4v) is 2.23. The van der Waals surface area contributed by atoms with Gasteiger partial charge in [-0.25, -0.2) is 0 Å². The predicted molar refractivity (Wildman–Crippen MR) is 81.9 cm³/mol. The molecule has 0 bridgehead atoms. The summed E-state index contributed by atoms with van der Waals surface area (Å²) in [7, 11) is 0. The number of nitrogens with one attached hydrogen (secondary N) is 2. The molecular formula is C16H22N2O4. The quantitative estimate of drug-likeness (QED) is 0.740. The molecule has 2 amide bonds. The molecule has 0 radical (unpaired) electrons. The van der Waals surface area contributed by atoms with Crippen molar-refractivity contribution >= 4 is 11.8 Å². The summed E-state index contributed by atoms with van der Waals surface area (Å²) >= 11 is 0. The minimum absolute atomic E-state index is 0.104. The van der Waals surface area contributed by atoms with E-state index in [0.717, 1.165) is 18.6 Å². The largest absolute Gasteiger partial charge is 0.494 e. The minimum Gasteiger partial charge on any atom is -0.494 e. The van der Waals surface area contributed by atoms with E-state index < -0.39 is 0 Å². The van der Waals surface area contributed by atoms with E-state index in [-0.39, 0.29) is 17.9 Å². The zero-order valence-electron chi connectivity index (χ0n) is 12.8. The van der Waals surface area contributed by atoms with Crippen LogP contribution in [0.3, 0.4) is 0 Å². The smallest absolute Gasteiger partial charge is 0.251 e. The summed E-state index contributed by atoms with van der Waals surface area (Å²) in [6.45, 7) is 3.92. The second-order valence-corrected chi connectivity index (χ2v) is 5.01. The Labute approximate surface area is 130 Å². The number of carbonyl (C=O) groups excluding carboxylic acids is 2. The monoisotopic (exact) mass is 306 g/mol. The van der Waals surface area contributed by atoms with Crippen LogP contribution in [0, 0.1) is 0 Å². The van der Waals surface area contributed by atoms with Crippen molar-refractivity contribution in [2.75, 3.05) is 26.3 Å². The first-order chi connectivity index (χ1) is 10.7. The lowest BCUT2D eigenvalue weighted by Crippen LogP contribution is -2.39. The van der Waals surface area contributed by atoms with Crippen LogP contribution in [0.5, 0.6) is 5.75 Å². The van der Waals surface area contributed by atoms with Crippen molar-refractivity contribution < 1.29 is 19.1 Å². The van der Waals surface area contributed by atoms with E-state index in [9.17, 15) is 9.59 Å². The molecule has 2 N–H and O–H groups in total. The molecule has 0 aromatic heterocycles. The molecule has 0 spiro atoms. The first-order valence-electron chi connectivity index (χ1n) is 7.61. The lowest BCUT2D eigenvalue weighted by molar-refractivity contribution is -0.129. The highest BCUT2D eigenvalue weighted by Crippen LogP contribution is 2.12. The van der Waals surface area contributed by atoms with Crippen LogP contribution in [-0.2, 0) is 9.53 Å². The first kappa shape index (κ1) is 16.3. The maximum Gasteiger partial charge on any atom is 0.251 e. The molecule has 1 aromatic carbocycles. The van der Waals surface area contributed by atoms with Gasteiger partial charge >= 0.3 is 0 Å². The van der Waals surface area contributed by atoms with Crippen molar-refractivity contribution in [1.82, 2.24) is 10.6 Å². The maximum absolute atomic E-state index is 11.9. The van der Waals surface area contributed by atoms with E-state index in [1.165, 1.54) is 0 Å². The maximum atomic E-state index is 11.9.